The molecule has 2 N–H and O–H groups in total. The van der Waals surface area contributed by atoms with Crippen LogP contribution in [0.15, 0.2) is 54.6 Å². The highest BCUT2D eigenvalue weighted by Crippen LogP contribution is 2.16. The zero-order valence-corrected chi connectivity index (χ0v) is 13.8. The van der Waals surface area contributed by atoms with Gasteiger partial charge in [0.1, 0.15) is 0 Å². The molecule has 0 aromatic heterocycles. The van der Waals surface area contributed by atoms with Crippen LogP contribution in [0.3, 0.4) is 0 Å². The Bertz CT molecular complexity index is 906. The number of carbonyl (C=O) groups is 3. The summed E-state index contributed by atoms with van der Waals surface area (Å²) in [5.74, 6) is -3.84. The Morgan fingerprint density at radius 1 is 0.960 bits per heavy atom. The quantitative estimate of drug-likeness (QED) is 0.421. The second-order valence-electron chi connectivity index (χ2n) is 5.26. The van der Waals surface area contributed by atoms with E-state index < -0.39 is 34.0 Å². The standard InChI is InChI=1S/C17H15NO6S/c19-15(10-16(20)17(21)22)13-7-4-8-14(9-13)18-25(23,24)11-12-5-2-1-3-6-12/h1-9,18H,10-11H2,(H,21,22). The van der Waals surface area contributed by atoms with Gasteiger partial charge in [0.2, 0.25) is 15.8 Å². The van der Waals surface area contributed by atoms with E-state index in [0.29, 0.717) is 5.56 Å². The third-order valence-electron chi connectivity index (χ3n) is 3.22. The Morgan fingerprint density at radius 3 is 2.28 bits per heavy atom. The predicted octanol–water partition coefficient (Wildman–Crippen LogP) is 1.85. The summed E-state index contributed by atoms with van der Waals surface area (Å²) < 4.78 is 26.7. The van der Waals surface area contributed by atoms with Crippen LogP contribution >= 0.6 is 0 Å². The second kappa shape index (κ2) is 7.71. The average Bonchev–Trinajstić information content (AvgIpc) is 2.54. The molecule has 0 heterocycles. The minimum Gasteiger partial charge on any atom is -0.475 e. The lowest BCUT2D eigenvalue weighted by Crippen LogP contribution is -2.18. The summed E-state index contributed by atoms with van der Waals surface area (Å²) in [6.45, 7) is 0. The normalized spacial score (nSPS) is 10.9. The number of benzene rings is 2. The molecule has 0 unspecified atom stereocenters. The molecule has 8 heteroatoms. The highest BCUT2D eigenvalue weighted by atomic mass is 32.2. The molecule has 0 aliphatic heterocycles. The molecule has 0 aliphatic carbocycles. The largest absolute Gasteiger partial charge is 0.475 e. The van der Waals surface area contributed by atoms with Crippen molar-refractivity contribution in [2.45, 2.75) is 12.2 Å². The summed E-state index contributed by atoms with van der Waals surface area (Å²) in [6, 6.07) is 14.1. The zero-order valence-electron chi connectivity index (χ0n) is 13.0. The van der Waals surface area contributed by atoms with Crippen molar-refractivity contribution in [1.82, 2.24) is 0 Å². The molecule has 0 spiro atoms. The Kier molecular flexibility index (Phi) is 5.66. The predicted molar refractivity (Wildman–Crippen MR) is 90.7 cm³/mol. The highest BCUT2D eigenvalue weighted by molar-refractivity contribution is 7.91. The van der Waals surface area contributed by atoms with Gasteiger partial charge in [-0.1, -0.05) is 42.5 Å². The van der Waals surface area contributed by atoms with Crippen molar-refractivity contribution < 1.29 is 27.9 Å². The van der Waals surface area contributed by atoms with Crippen molar-refractivity contribution in [3.05, 3.63) is 65.7 Å². The SMILES string of the molecule is O=C(O)C(=O)CC(=O)c1cccc(NS(=O)(=O)Cc2ccccc2)c1. The van der Waals surface area contributed by atoms with E-state index in [1.54, 1.807) is 30.3 Å². The van der Waals surface area contributed by atoms with Gasteiger partial charge in [-0.15, -0.1) is 0 Å². The summed E-state index contributed by atoms with van der Waals surface area (Å²) >= 11 is 0. The number of carboxylic acid groups (broad SMARTS) is 1. The molecule has 7 nitrogen and oxygen atoms in total. The fourth-order valence-corrected chi connectivity index (χ4v) is 3.28. The van der Waals surface area contributed by atoms with Crippen LogP contribution in [0.5, 0.6) is 0 Å². The third-order valence-corrected chi connectivity index (χ3v) is 4.48. The lowest BCUT2D eigenvalue weighted by Gasteiger charge is -2.09. The van der Waals surface area contributed by atoms with Gasteiger partial charge in [-0.05, 0) is 17.7 Å². The fourth-order valence-electron chi connectivity index (χ4n) is 2.09. The maximum Gasteiger partial charge on any atom is 0.372 e. The van der Waals surface area contributed by atoms with Crippen LogP contribution in [-0.4, -0.2) is 31.1 Å². The van der Waals surface area contributed by atoms with Gasteiger partial charge in [-0.2, -0.15) is 0 Å². The molecular formula is C17H15NO6S. The zero-order chi connectivity index (χ0) is 18.4. The Balaban J connectivity index is 2.12. The Labute approximate surface area is 144 Å². The first-order valence-corrected chi connectivity index (χ1v) is 8.86. The van der Waals surface area contributed by atoms with E-state index in [0.717, 1.165) is 0 Å². The van der Waals surface area contributed by atoms with E-state index in [4.69, 9.17) is 5.11 Å². The van der Waals surface area contributed by atoms with Crippen LogP contribution in [0.4, 0.5) is 5.69 Å². The van der Waals surface area contributed by atoms with Crippen LogP contribution in [0.25, 0.3) is 0 Å². The summed E-state index contributed by atoms with van der Waals surface area (Å²) in [6.07, 6.45) is -0.782. The fraction of sp³-hybridized carbons (Fsp3) is 0.118. The first-order chi connectivity index (χ1) is 11.8. The molecule has 130 valence electrons. The number of ketones is 2. The minimum atomic E-state index is -3.69. The van der Waals surface area contributed by atoms with E-state index in [1.807, 2.05) is 0 Å². The van der Waals surface area contributed by atoms with Crippen molar-refractivity contribution in [3.63, 3.8) is 0 Å². The topological polar surface area (TPSA) is 118 Å². The van der Waals surface area contributed by atoms with Crippen LogP contribution in [0.2, 0.25) is 0 Å². The van der Waals surface area contributed by atoms with Crippen LogP contribution < -0.4 is 4.72 Å². The van der Waals surface area contributed by atoms with Gasteiger partial charge < -0.3 is 5.11 Å². The monoisotopic (exact) mass is 361 g/mol. The number of hydrogen-bond donors (Lipinski definition) is 2. The second-order valence-corrected chi connectivity index (χ2v) is 6.98. The van der Waals surface area contributed by atoms with Gasteiger partial charge >= 0.3 is 5.97 Å². The number of sulfonamides is 1. The van der Waals surface area contributed by atoms with E-state index in [9.17, 15) is 22.8 Å². The molecule has 25 heavy (non-hydrogen) atoms. The molecule has 2 rings (SSSR count). The molecule has 0 saturated heterocycles. The number of anilines is 1. The van der Waals surface area contributed by atoms with Gasteiger partial charge in [-0.25, -0.2) is 13.2 Å². The van der Waals surface area contributed by atoms with E-state index >= 15 is 0 Å². The maximum absolute atomic E-state index is 12.2. The van der Waals surface area contributed by atoms with Crippen molar-refractivity contribution >= 4 is 33.2 Å². The maximum atomic E-state index is 12.2. The van der Waals surface area contributed by atoms with Crippen LogP contribution in [0, 0.1) is 0 Å². The smallest absolute Gasteiger partial charge is 0.372 e. The summed E-state index contributed by atoms with van der Waals surface area (Å²) in [5.41, 5.74) is 0.813. The lowest BCUT2D eigenvalue weighted by molar-refractivity contribution is -0.148. The number of rotatable bonds is 8. The van der Waals surface area contributed by atoms with Crippen LogP contribution in [0.1, 0.15) is 22.3 Å². The van der Waals surface area contributed by atoms with E-state index in [2.05, 4.69) is 4.72 Å². The Hall–Kier alpha value is -3.00. The Morgan fingerprint density at radius 2 is 1.64 bits per heavy atom. The molecule has 0 saturated carbocycles. The summed E-state index contributed by atoms with van der Waals surface area (Å²) in [7, 11) is -3.69. The van der Waals surface area contributed by atoms with Crippen molar-refractivity contribution in [2.24, 2.45) is 0 Å². The molecule has 0 bridgehead atoms. The first kappa shape index (κ1) is 18.3. The molecule has 2 aromatic rings. The summed E-state index contributed by atoms with van der Waals surface area (Å²) in [4.78, 5) is 33.5. The van der Waals surface area contributed by atoms with Gasteiger partial charge in [0.15, 0.2) is 5.78 Å². The number of carbonyl (C=O) groups excluding carboxylic acids is 2. The van der Waals surface area contributed by atoms with Crippen LogP contribution in [-0.2, 0) is 25.4 Å². The van der Waals surface area contributed by atoms with E-state index in [1.165, 1.54) is 24.3 Å². The van der Waals surface area contributed by atoms with Gasteiger partial charge in [0.05, 0.1) is 12.2 Å². The lowest BCUT2D eigenvalue weighted by atomic mass is 10.1. The summed E-state index contributed by atoms with van der Waals surface area (Å²) in [5, 5.41) is 8.53. The molecular weight excluding hydrogens is 346 g/mol. The number of nitrogens with one attached hydrogen (secondary N) is 1. The highest BCUT2D eigenvalue weighted by Gasteiger charge is 2.18. The number of hydrogen-bond acceptors (Lipinski definition) is 5. The van der Waals surface area contributed by atoms with Crippen molar-refractivity contribution in [2.75, 3.05) is 4.72 Å². The molecule has 0 aliphatic rings. The molecule has 0 amide bonds. The minimum absolute atomic E-state index is 0.0505. The number of carboxylic acids is 1. The number of Topliss-reactive ketones (excluding diaryl/α,β-unsaturated/α-hetero) is 2. The average molecular weight is 361 g/mol. The molecule has 0 radical (unpaired) electrons. The molecule has 0 fully saturated rings. The van der Waals surface area contributed by atoms with Gasteiger partial charge in [0.25, 0.3) is 0 Å². The number of aliphatic carboxylic acids is 1. The third kappa shape index (κ3) is 5.54. The van der Waals surface area contributed by atoms with Gasteiger partial charge in [0, 0.05) is 11.3 Å². The van der Waals surface area contributed by atoms with E-state index in [-0.39, 0.29) is 17.0 Å². The van der Waals surface area contributed by atoms with Gasteiger partial charge in [-0.3, -0.25) is 14.3 Å². The first-order valence-electron chi connectivity index (χ1n) is 7.20. The van der Waals surface area contributed by atoms with Crippen molar-refractivity contribution in [3.8, 4) is 0 Å². The molecule has 2 aromatic carbocycles. The van der Waals surface area contributed by atoms with Crippen molar-refractivity contribution in [1.29, 1.82) is 0 Å². The molecule has 0 atom stereocenters.